The van der Waals surface area contributed by atoms with Gasteiger partial charge in [0, 0.05) is 47.6 Å². The number of alkyl halides is 1. The van der Waals surface area contributed by atoms with Crippen LogP contribution in [0.15, 0.2) is 102 Å². The minimum Gasteiger partial charge on any atom is -0.461 e. The predicted octanol–water partition coefficient (Wildman–Crippen LogP) is 10.1. The van der Waals surface area contributed by atoms with Crippen LogP contribution in [-0.4, -0.2) is 46.2 Å². The van der Waals surface area contributed by atoms with Gasteiger partial charge in [-0.1, -0.05) is 119 Å². The number of nitrogens with zero attached hydrogens (tertiary/aromatic N) is 1. The topological polar surface area (TPSA) is 109 Å². The summed E-state index contributed by atoms with van der Waals surface area (Å²) in [7, 11) is 0. The molecule has 7 nitrogen and oxygen atoms in total. The van der Waals surface area contributed by atoms with E-state index in [9.17, 15) is 14.4 Å². The molecule has 0 radical (unpaired) electrons. The molecule has 0 aliphatic rings. The van der Waals surface area contributed by atoms with Gasteiger partial charge in [-0.15, -0.1) is 11.3 Å². The van der Waals surface area contributed by atoms with E-state index in [-0.39, 0.29) is 40.4 Å². The van der Waals surface area contributed by atoms with Gasteiger partial charge in [0.25, 0.3) is 0 Å². The summed E-state index contributed by atoms with van der Waals surface area (Å²) in [6.07, 6.45) is 0. The third kappa shape index (κ3) is 13.5. The van der Waals surface area contributed by atoms with Crippen LogP contribution in [-0.2, 0) is 40.1 Å². The van der Waals surface area contributed by atoms with Crippen molar-refractivity contribution in [3.05, 3.63) is 124 Å². The Kier molecular flexibility index (Phi) is 20.8. The van der Waals surface area contributed by atoms with Crippen LogP contribution in [0.25, 0.3) is 32.8 Å². The first-order chi connectivity index (χ1) is 23.1. The number of carbonyl (C=O) groups excluding carboxylic acids is 3. The van der Waals surface area contributed by atoms with Gasteiger partial charge in [0.05, 0.1) is 18.5 Å². The Morgan fingerprint density at radius 2 is 1.32 bits per heavy atom. The molecule has 0 saturated carbocycles. The van der Waals surface area contributed by atoms with Crippen molar-refractivity contribution in [3.63, 3.8) is 0 Å². The minimum absolute atomic E-state index is 0. The molecule has 5 aromatic rings. The van der Waals surface area contributed by atoms with Crippen molar-refractivity contribution in [3.8, 4) is 32.8 Å². The van der Waals surface area contributed by atoms with Crippen LogP contribution in [0.1, 0.15) is 37.3 Å². The van der Waals surface area contributed by atoms with Gasteiger partial charge >= 0.3 is 11.9 Å². The van der Waals surface area contributed by atoms with Crippen molar-refractivity contribution in [2.75, 3.05) is 18.5 Å². The number of ether oxygens (including phenoxy) is 2. The molecule has 0 aliphatic heterocycles. The number of thiazole rings is 1. The van der Waals surface area contributed by atoms with E-state index in [0.29, 0.717) is 27.3 Å². The molecule has 0 saturated heterocycles. The third-order valence-electron chi connectivity index (χ3n) is 6.24. The number of hydrogen-bond donors (Lipinski definition) is 1. The number of halogens is 3. The molecule has 0 fully saturated rings. The van der Waals surface area contributed by atoms with Gasteiger partial charge in [-0.2, -0.15) is 0 Å². The zero-order chi connectivity index (χ0) is 35.1. The maximum absolute atomic E-state index is 11.8. The molecule has 1 heterocycles. The molecular weight excluding hydrogens is 951 g/mol. The molecule has 0 aliphatic carbocycles. The maximum atomic E-state index is 11.8. The fourth-order valence-corrected chi connectivity index (χ4v) is 5.69. The average molecular weight is 986 g/mol. The molecule has 0 bridgehead atoms. The summed E-state index contributed by atoms with van der Waals surface area (Å²) < 4.78 is 9.37. The molecule has 262 valence electrons. The zero-order valence-corrected chi connectivity index (χ0v) is 34.0. The van der Waals surface area contributed by atoms with Crippen molar-refractivity contribution >= 4 is 85.4 Å². The van der Waals surface area contributed by atoms with Crippen molar-refractivity contribution in [2.24, 2.45) is 5.73 Å². The maximum Gasteiger partial charge on any atom is 0.375 e. The molecule has 0 unspecified atom stereocenters. The summed E-state index contributed by atoms with van der Waals surface area (Å²) in [6, 6.07) is 31.1. The van der Waals surface area contributed by atoms with E-state index in [1.165, 1.54) is 11.3 Å². The van der Waals surface area contributed by atoms with Crippen molar-refractivity contribution in [1.29, 1.82) is 0 Å². The Bertz CT molecular complexity index is 1860. The van der Waals surface area contributed by atoms with E-state index in [1.54, 1.807) is 25.3 Å². The zero-order valence-electron chi connectivity index (χ0n) is 26.4. The number of thiocarbonyl (C=S) groups is 1. The van der Waals surface area contributed by atoms with Crippen LogP contribution in [0, 0.1) is 0 Å². The Balaban J connectivity index is 0.000000405. The Morgan fingerprint density at radius 3 is 1.84 bits per heavy atom. The fourth-order valence-electron chi connectivity index (χ4n) is 4.11. The van der Waals surface area contributed by atoms with E-state index in [4.69, 9.17) is 45.9 Å². The van der Waals surface area contributed by atoms with E-state index in [2.05, 4.69) is 25.7 Å². The molecule has 13 heteroatoms. The van der Waals surface area contributed by atoms with Crippen LogP contribution >= 0.6 is 62.7 Å². The average Bonchev–Trinajstić information content (AvgIpc) is 3.60. The molecule has 0 amide bonds. The van der Waals surface area contributed by atoms with Gasteiger partial charge in [0.1, 0.15) is 10.00 Å². The smallest absolute Gasteiger partial charge is 0.375 e. The number of carbonyl (C=O) groups is 3. The molecule has 0 atom stereocenters. The molecule has 0 spiro atoms. The monoisotopic (exact) mass is 984 g/mol. The summed E-state index contributed by atoms with van der Waals surface area (Å²) in [5.41, 5.74) is 11.9. The van der Waals surface area contributed by atoms with Gasteiger partial charge in [-0.3, -0.25) is 4.79 Å². The summed E-state index contributed by atoms with van der Waals surface area (Å²) in [6.45, 7) is 4.01. The second-order valence-electron chi connectivity index (χ2n) is 9.51. The van der Waals surface area contributed by atoms with Crippen LogP contribution in [0.5, 0.6) is 0 Å². The van der Waals surface area contributed by atoms with Gasteiger partial charge in [-0.25, -0.2) is 14.6 Å². The number of rotatable bonds is 9. The Morgan fingerprint density at radius 1 is 0.800 bits per heavy atom. The SMILES string of the molecule is C.CCOC(=O)C(=O)CBr.CCOC(=O)c1csc(-c2ccc(Cl)cc2-c2ccccc2)n1.NC(=S)c1ccc(Cl)cc1-c1ccccc1.[W]. The first kappa shape index (κ1) is 44.8. The van der Waals surface area contributed by atoms with Crippen LogP contribution in [0.3, 0.4) is 0 Å². The Hall–Kier alpha value is -3.24. The molecule has 2 N–H and O–H groups in total. The van der Waals surface area contributed by atoms with E-state index >= 15 is 0 Å². The number of aromatic nitrogens is 1. The Labute approximate surface area is 334 Å². The molecule has 50 heavy (non-hydrogen) atoms. The molecule has 5 rings (SSSR count). The van der Waals surface area contributed by atoms with Gasteiger partial charge < -0.3 is 15.2 Å². The quantitative estimate of drug-likeness (QED) is 0.0674. The summed E-state index contributed by atoms with van der Waals surface area (Å²) in [5, 5.41) is 3.86. The number of nitrogens with two attached hydrogens (primary N) is 1. The third-order valence-corrected chi connectivity index (χ3v) is 8.32. The first-order valence-electron chi connectivity index (χ1n) is 14.5. The van der Waals surface area contributed by atoms with Crippen LogP contribution < -0.4 is 5.73 Å². The van der Waals surface area contributed by atoms with Gasteiger partial charge in [0.2, 0.25) is 5.78 Å². The van der Waals surface area contributed by atoms with Crippen molar-refractivity contribution in [1.82, 2.24) is 4.98 Å². The predicted molar refractivity (Wildman–Crippen MR) is 209 cm³/mol. The number of esters is 2. The normalized spacial score (nSPS) is 9.62. The summed E-state index contributed by atoms with van der Waals surface area (Å²) in [5.74, 6) is -1.71. The van der Waals surface area contributed by atoms with Gasteiger partial charge in [-0.05, 0) is 72.5 Å². The summed E-state index contributed by atoms with van der Waals surface area (Å²) in [4.78, 5) is 37.4. The fraction of sp³-hybridized carbons (Fsp3) is 0.162. The largest absolute Gasteiger partial charge is 0.461 e. The molecular formula is C37H35BrCl2N2O5S2W. The number of hydrogen-bond acceptors (Lipinski definition) is 8. The summed E-state index contributed by atoms with van der Waals surface area (Å²) >= 11 is 21.4. The number of Topliss-reactive ketones (excluding diaryl/α,β-unsaturated/α-hetero) is 1. The van der Waals surface area contributed by atoms with Crippen molar-refractivity contribution in [2.45, 2.75) is 21.3 Å². The van der Waals surface area contributed by atoms with Gasteiger partial charge in [0.15, 0.2) is 5.69 Å². The number of benzene rings is 4. The van der Waals surface area contributed by atoms with Crippen LogP contribution in [0.4, 0.5) is 0 Å². The van der Waals surface area contributed by atoms with Crippen LogP contribution in [0.2, 0.25) is 10.0 Å². The van der Waals surface area contributed by atoms with E-state index < -0.39 is 17.7 Å². The van der Waals surface area contributed by atoms with E-state index in [1.807, 2.05) is 91.0 Å². The standard InChI is InChI=1S/C18H14ClNO2S.C13H10ClNS.C5H7BrO3.CH4.W/c1-2-22-18(21)16-11-23-17(20-16)14-9-8-13(19)10-15(14)12-6-4-3-5-7-12;14-10-6-7-11(13(15)16)12(8-10)9-4-2-1-3-5-9;1-2-9-5(8)4(7)3-6;;/h3-11H,2H2,1H3;1-8H,(H2,15,16);2-3H2,1H3;1H4;. The second kappa shape index (κ2) is 23.3. The van der Waals surface area contributed by atoms with E-state index in [0.717, 1.165) is 38.4 Å². The minimum atomic E-state index is -0.769. The molecule has 4 aromatic carbocycles. The number of ketones is 1. The first-order valence-corrected chi connectivity index (χ1v) is 17.6. The second-order valence-corrected chi connectivity index (χ2v) is 12.2. The molecule has 1 aromatic heterocycles. The van der Waals surface area contributed by atoms with Crippen molar-refractivity contribution < 1.29 is 44.9 Å².